The van der Waals surface area contributed by atoms with Crippen molar-refractivity contribution >= 4 is 5.97 Å². The molecule has 0 fully saturated rings. The van der Waals surface area contributed by atoms with E-state index in [1.807, 2.05) is 6.92 Å². The molecule has 0 aliphatic carbocycles. The van der Waals surface area contributed by atoms with Gasteiger partial charge in [-0.1, -0.05) is 12.1 Å². The number of carbonyl (C=O) groups is 1. The normalized spacial score (nSPS) is 11.9. The molecule has 15 heavy (non-hydrogen) atoms. The number of esters is 1. The van der Waals surface area contributed by atoms with Gasteiger partial charge in [0.25, 0.3) is 0 Å². The van der Waals surface area contributed by atoms with E-state index in [1.165, 1.54) is 7.11 Å². The maximum atomic E-state index is 11.1. The van der Waals surface area contributed by atoms with Crippen LogP contribution < -0.4 is 10.5 Å². The molecular weight excluding hydrogens is 194 g/mol. The Bertz CT molecular complexity index is 321. The van der Waals surface area contributed by atoms with E-state index in [9.17, 15) is 4.79 Å². The molecule has 1 rings (SSSR count). The number of methoxy groups -OCH3 is 1. The first-order chi connectivity index (χ1) is 7.19. The zero-order valence-electron chi connectivity index (χ0n) is 8.90. The Balaban J connectivity index is 2.75. The maximum absolute atomic E-state index is 11.1. The first-order valence-electron chi connectivity index (χ1n) is 4.75. The maximum Gasteiger partial charge on any atom is 0.327 e. The molecule has 0 radical (unpaired) electrons. The lowest BCUT2D eigenvalue weighted by molar-refractivity contribution is -0.142. The van der Waals surface area contributed by atoms with Crippen LogP contribution in [0.5, 0.6) is 5.75 Å². The van der Waals surface area contributed by atoms with Crippen LogP contribution >= 0.6 is 0 Å². The lowest BCUT2D eigenvalue weighted by Gasteiger charge is -2.10. The second-order valence-electron chi connectivity index (χ2n) is 3.00. The van der Waals surface area contributed by atoms with Crippen LogP contribution in [0.4, 0.5) is 0 Å². The van der Waals surface area contributed by atoms with E-state index in [-0.39, 0.29) is 0 Å². The summed E-state index contributed by atoms with van der Waals surface area (Å²) in [5.74, 6) is 0.317. The third-order valence-corrected chi connectivity index (χ3v) is 2.01. The molecule has 0 aliphatic rings. The van der Waals surface area contributed by atoms with Crippen molar-refractivity contribution in [1.29, 1.82) is 0 Å². The highest BCUT2D eigenvalue weighted by atomic mass is 16.5. The minimum absolute atomic E-state index is 0.445. The Kier molecular flexibility index (Phi) is 4.12. The van der Waals surface area contributed by atoms with Crippen LogP contribution in [0.3, 0.4) is 0 Å². The molecule has 1 atom stereocenters. The highest BCUT2D eigenvalue weighted by Crippen LogP contribution is 2.17. The molecule has 0 saturated carbocycles. The molecular formula is C11H15NO3. The Morgan fingerprint density at radius 1 is 1.40 bits per heavy atom. The third-order valence-electron chi connectivity index (χ3n) is 2.01. The summed E-state index contributed by atoms with van der Waals surface area (Å²) in [4.78, 5) is 11.1. The van der Waals surface area contributed by atoms with Crippen LogP contribution in [0.25, 0.3) is 0 Å². The lowest BCUT2D eigenvalue weighted by atomic mass is 10.1. The fourth-order valence-corrected chi connectivity index (χ4v) is 1.20. The van der Waals surface area contributed by atoms with Crippen molar-refractivity contribution < 1.29 is 14.3 Å². The average molecular weight is 209 g/mol. The summed E-state index contributed by atoms with van der Waals surface area (Å²) in [5.41, 5.74) is 6.37. The zero-order valence-corrected chi connectivity index (χ0v) is 8.90. The molecule has 0 aromatic heterocycles. The van der Waals surface area contributed by atoms with Crippen molar-refractivity contribution in [1.82, 2.24) is 0 Å². The second kappa shape index (κ2) is 5.36. The van der Waals surface area contributed by atoms with Crippen LogP contribution in [-0.4, -0.2) is 19.7 Å². The molecule has 0 bridgehead atoms. The molecule has 4 heteroatoms. The molecule has 2 N–H and O–H groups in total. The molecule has 0 aliphatic heterocycles. The molecule has 1 aromatic rings. The molecule has 1 aromatic carbocycles. The predicted molar refractivity (Wildman–Crippen MR) is 56.6 cm³/mol. The first-order valence-corrected chi connectivity index (χ1v) is 4.75. The van der Waals surface area contributed by atoms with Gasteiger partial charge in [0.15, 0.2) is 0 Å². The van der Waals surface area contributed by atoms with Gasteiger partial charge in [-0.2, -0.15) is 0 Å². The fourth-order valence-electron chi connectivity index (χ4n) is 1.20. The highest BCUT2D eigenvalue weighted by Gasteiger charge is 2.15. The van der Waals surface area contributed by atoms with E-state index < -0.39 is 12.0 Å². The highest BCUT2D eigenvalue weighted by molar-refractivity contribution is 5.77. The van der Waals surface area contributed by atoms with Crippen molar-refractivity contribution in [3.8, 4) is 5.75 Å². The Hall–Kier alpha value is -1.55. The van der Waals surface area contributed by atoms with E-state index in [1.54, 1.807) is 24.3 Å². The molecule has 0 heterocycles. The van der Waals surface area contributed by atoms with Gasteiger partial charge in [-0.05, 0) is 24.6 Å². The number of rotatable bonds is 4. The number of hydrogen-bond donors (Lipinski definition) is 1. The van der Waals surface area contributed by atoms with Crippen LogP contribution in [0.2, 0.25) is 0 Å². The van der Waals surface area contributed by atoms with Crippen molar-refractivity contribution in [3.05, 3.63) is 29.8 Å². The molecule has 82 valence electrons. The first kappa shape index (κ1) is 11.5. The van der Waals surface area contributed by atoms with Crippen molar-refractivity contribution in [2.24, 2.45) is 5.73 Å². The van der Waals surface area contributed by atoms with Gasteiger partial charge in [0.05, 0.1) is 13.7 Å². The number of carbonyl (C=O) groups excluding carboxylic acids is 1. The van der Waals surface area contributed by atoms with Gasteiger partial charge < -0.3 is 15.2 Å². The number of benzene rings is 1. The molecule has 4 nitrogen and oxygen atoms in total. The smallest absolute Gasteiger partial charge is 0.327 e. The number of ether oxygens (including phenoxy) is 2. The van der Waals surface area contributed by atoms with Crippen LogP contribution in [0.15, 0.2) is 24.3 Å². The lowest BCUT2D eigenvalue weighted by Crippen LogP contribution is -2.22. The van der Waals surface area contributed by atoms with Crippen LogP contribution in [0, 0.1) is 0 Å². The van der Waals surface area contributed by atoms with Crippen molar-refractivity contribution in [3.63, 3.8) is 0 Å². The SMILES string of the molecule is CCOc1ccc(C(N)C(=O)OC)cc1. The number of hydrogen-bond acceptors (Lipinski definition) is 4. The predicted octanol–water partition coefficient (Wildman–Crippen LogP) is 1.26. The Morgan fingerprint density at radius 2 is 2.00 bits per heavy atom. The quantitative estimate of drug-likeness (QED) is 0.758. The summed E-state index contributed by atoms with van der Waals surface area (Å²) in [7, 11) is 1.32. The summed E-state index contributed by atoms with van der Waals surface area (Å²) in [5, 5.41) is 0. The average Bonchev–Trinajstić information content (AvgIpc) is 2.28. The minimum Gasteiger partial charge on any atom is -0.494 e. The second-order valence-corrected chi connectivity index (χ2v) is 3.00. The van der Waals surface area contributed by atoms with Gasteiger partial charge in [0, 0.05) is 0 Å². The van der Waals surface area contributed by atoms with E-state index in [0.29, 0.717) is 12.2 Å². The van der Waals surface area contributed by atoms with Gasteiger partial charge in [-0.3, -0.25) is 4.79 Å². The zero-order chi connectivity index (χ0) is 11.3. The topological polar surface area (TPSA) is 61.5 Å². The molecule has 0 saturated heterocycles. The summed E-state index contributed by atoms with van der Waals surface area (Å²) in [6.45, 7) is 2.52. The van der Waals surface area contributed by atoms with Gasteiger partial charge in [-0.15, -0.1) is 0 Å². The largest absolute Gasteiger partial charge is 0.494 e. The summed E-state index contributed by atoms with van der Waals surface area (Å²) in [6.07, 6.45) is 0. The Labute approximate surface area is 89.0 Å². The molecule has 0 spiro atoms. The third kappa shape index (κ3) is 2.95. The van der Waals surface area contributed by atoms with Crippen LogP contribution in [0.1, 0.15) is 18.5 Å². The number of nitrogens with two attached hydrogens (primary N) is 1. The van der Waals surface area contributed by atoms with E-state index in [2.05, 4.69) is 4.74 Å². The van der Waals surface area contributed by atoms with Crippen molar-refractivity contribution in [2.75, 3.05) is 13.7 Å². The summed E-state index contributed by atoms with van der Waals surface area (Å²) < 4.78 is 9.82. The van der Waals surface area contributed by atoms with E-state index in [4.69, 9.17) is 10.5 Å². The molecule has 1 unspecified atom stereocenters. The van der Waals surface area contributed by atoms with Crippen LogP contribution in [-0.2, 0) is 9.53 Å². The Morgan fingerprint density at radius 3 is 2.47 bits per heavy atom. The summed E-state index contributed by atoms with van der Waals surface area (Å²) in [6, 6.07) is 6.34. The fraction of sp³-hybridized carbons (Fsp3) is 0.364. The summed E-state index contributed by atoms with van der Waals surface area (Å²) >= 11 is 0. The monoisotopic (exact) mass is 209 g/mol. The van der Waals surface area contributed by atoms with Crippen molar-refractivity contribution in [2.45, 2.75) is 13.0 Å². The van der Waals surface area contributed by atoms with Gasteiger partial charge in [-0.25, -0.2) is 0 Å². The van der Waals surface area contributed by atoms with Gasteiger partial charge in [0.1, 0.15) is 11.8 Å². The van der Waals surface area contributed by atoms with Gasteiger partial charge >= 0.3 is 5.97 Å². The van der Waals surface area contributed by atoms with Gasteiger partial charge in [0.2, 0.25) is 0 Å². The molecule has 0 amide bonds. The van der Waals surface area contributed by atoms with E-state index in [0.717, 1.165) is 5.75 Å². The minimum atomic E-state index is -0.731. The standard InChI is InChI=1S/C11H15NO3/c1-3-15-9-6-4-8(5-7-9)10(12)11(13)14-2/h4-7,10H,3,12H2,1-2H3. The van der Waals surface area contributed by atoms with E-state index >= 15 is 0 Å².